The molecule has 170 valence electrons. The maximum absolute atomic E-state index is 14.6. The molecule has 1 heterocycles. The summed E-state index contributed by atoms with van der Waals surface area (Å²) in [6.07, 6.45) is 5.19. The normalized spacial score (nSPS) is 11.5. The summed E-state index contributed by atoms with van der Waals surface area (Å²) in [5, 5.41) is 13.1. The Labute approximate surface area is 195 Å². The summed E-state index contributed by atoms with van der Waals surface area (Å²) < 4.78 is 20.6. The first-order valence-electron chi connectivity index (χ1n) is 10.3. The SMILES string of the molecule is C#CCNC(=O)c1ccc(C2=c3cc(F)c(=C)cc3Oc3cc(N(C)C)ccc32)c(C(=O)O)c1. The fraction of sp³-hybridized carbons (Fsp3) is 0.111. The van der Waals surface area contributed by atoms with Gasteiger partial charge in [-0.3, -0.25) is 4.79 Å². The number of hydrogen-bond donors (Lipinski definition) is 2. The van der Waals surface area contributed by atoms with E-state index in [9.17, 15) is 19.1 Å². The summed E-state index contributed by atoms with van der Waals surface area (Å²) in [7, 11) is 3.78. The van der Waals surface area contributed by atoms with Crippen LogP contribution in [0, 0.1) is 18.2 Å². The molecule has 2 N–H and O–H groups in total. The number of halogens is 1. The van der Waals surface area contributed by atoms with Crippen LogP contribution in [-0.4, -0.2) is 37.6 Å². The molecular formula is C27H21FN2O4. The summed E-state index contributed by atoms with van der Waals surface area (Å²) >= 11 is 0. The van der Waals surface area contributed by atoms with Gasteiger partial charge in [0.2, 0.25) is 0 Å². The fourth-order valence-electron chi connectivity index (χ4n) is 3.82. The van der Waals surface area contributed by atoms with E-state index in [0.29, 0.717) is 33.4 Å². The lowest BCUT2D eigenvalue weighted by molar-refractivity contribution is 0.0696. The molecule has 0 bridgehead atoms. The number of carbonyl (C=O) groups excluding carboxylic acids is 1. The van der Waals surface area contributed by atoms with Gasteiger partial charge in [-0.2, -0.15) is 0 Å². The first-order valence-corrected chi connectivity index (χ1v) is 10.3. The number of anilines is 1. The zero-order valence-electron chi connectivity index (χ0n) is 18.6. The van der Waals surface area contributed by atoms with Crippen LogP contribution in [0.25, 0.3) is 12.2 Å². The van der Waals surface area contributed by atoms with Crippen LogP contribution in [-0.2, 0) is 0 Å². The number of amides is 1. The van der Waals surface area contributed by atoms with Crippen LogP contribution in [0.3, 0.4) is 0 Å². The molecule has 0 aromatic heterocycles. The topological polar surface area (TPSA) is 78.9 Å². The van der Waals surface area contributed by atoms with Crippen molar-refractivity contribution in [3.05, 3.63) is 87.0 Å². The van der Waals surface area contributed by atoms with Crippen molar-refractivity contribution >= 4 is 29.7 Å². The zero-order chi connectivity index (χ0) is 24.6. The van der Waals surface area contributed by atoms with Crippen LogP contribution in [0.15, 0.2) is 48.5 Å². The molecule has 0 saturated carbocycles. The van der Waals surface area contributed by atoms with E-state index in [1.54, 1.807) is 12.1 Å². The van der Waals surface area contributed by atoms with Gasteiger partial charge in [0.15, 0.2) is 0 Å². The van der Waals surface area contributed by atoms with E-state index in [4.69, 9.17) is 11.2 Å². The predicted molar refractivity (Wildman–Crippen MR) is 128 cm³/mol. The van der Waals surface area contributed by atoms with E-state index in [1.807, 2.05) is 31.1 Å². The smallest absolute Gasteiger partial charge is 0.336 e. The fourth-order valence-corrected chi connectivity index (χ4v) is 3.82. The third-order valence-corrected chi connectivity index (χ3v) is 5.52. The maximum atomic E-state index is 14.6. The molecule has 0 unspecified atom stereocenters. The Balaban J connectivity index is 2.03. The monoisotopic (exact) mass is 456 g/mol. The van der Waals surface area contributed by atoms with Crippen molar-refractivity contribution in [1.29, 1.82) is 0 Å². The molecule has 0 radical (unpaired) electrons. The number of benzene rings is 3. The Hall–Kier alpha value is -4.57. The molecule has 1 aliphatic rings. The Morgan fingerprint density at radius 1 is 1.12 bits per heavy atom. The highest BCUT2D eigenvalue weighted by molar-refractivity contribution is 6.02. The molecule has 34 heavy (non-hydrogen) atoms. The van der Waals surface area contributed by atoms with Crippen molar-refractivity contribution in [2.24, 2.45) is 0 Å². The number of aromatic carboxylic acids is 1. The third kappa shape index (κ3) is 3.97. The minimum atomic E-state index is -1.23. The van der Waals surface area contributed by atoms with Gasteiger partial charge in [-0.1, -0.05) is 18.6 Å². The van der Waals surface area contributed by atoms with Gasteiger partial charge >= 0.3 is 5.97 Å². The molecule has 0 spiro atoms. The largest absolute Gasteiger partial charge is 0.478 e. The number of nitrogens with one attached hydrogen (secondary N) is 1. The molecule has 0 saturated heterocycles. The molecule has 0 atom stereocenters. The second-order valence-corrected chi connectivity index (χ2v) is 7.94. The highest BCUT2D eigenvalue weighted by atomic mass is 19.1. The number of hydrogen-bond acceptors (Lipinski definition) is 4. The van der Waals surface area contributed by atoms with Crippen molar-refractivity contribution in [3.63, 3.8) is 0 Å². The minimum Gasteiger partial charge on any atom is -0.478 e. The van der Waals surface area contributed by atoms with Crippen LogP contribution in [0.4, 0.5) is 10.1 Å². The van der Waals surface area contributed by atoms with E-state index in [-0.39, 0.29) is 22.9 Å². The molecule has 1 amide bonds. The van der Waals surface area contributed by atoms with Gasteiger partial charge in [0.05, 0.1) is 12.1 Å². The van der Waals surface area contributed by atoms with Crippen molar-refractivity contribution in [2.45, 2.75) is 0 Å². The predicted octanol–water partition coefficient (Wildman–Crippen LogP) is 2.72. The first-order chi connectivity index (χ1) is 16.2. The summed E-state index contributed by atoms with van der Waals surface area (Å²) in [5.74, 6) is 0.882. The quantitative estimate of drug-likeness (QED) is 0.452. The van der Waals surface area contributed by atoms with Crippen molar-refractivity contribution < 1.29 is 23.8 Å². The van der Waals surface area contributed by atoms with Crippen LogP contribution >= 0.6 is 0 Å². The summed E-state index contributed by atoms with van der Waals surface area (Å²) in [6, 6.07) is 12.6. The van der Waals surface area contributed by atoms with Gasteiger partial charge in [-0.15, -0.1) is 6.42 Å². The lowest BCUT2D eigenvalue weighted by atomic mass is 9.88. The summed E-state index contributed by atoms with van der Waals surface area (Å²) in [6.45, 7) is 3.72. The minimum absolute atomic E-state index is 0.0132. The highest BCUT2D eigenvalue weighted by Crippen LogP contribution is 2.39. The standard InChI is InChI=1S/C27H21FN2O4/c1-5-10-29-26(31)16-6-8-18(20(12-16)27(32)33)25-19-9-7-17(30(3)4)13-24(19)34-23-11-15(2)22(28)14-21(23)25/h1,6-9,11-14H,2,10H2,3-4H3,(H,29,31)(H,32,33). The van der Waals surface area contributed by atoms with E-state index in [1.165, 1.54) is 24.3 Å². The molecule has 3 aromatic carbocycles. The zero-order valence-corrected chi connectivity index (χ0v) is 18.6. The van der Waals surface area contributed by atoms with Gasteiger partial charge in [-0.05, 0) is 42.0 Å². The van der Waals surface area contributed by atoms with Crippen molar-refractivity contribution in [1.82, 2.24) is 5.32 Å². The molecule has 6 nitrogen and oxygen atoms in total. The van der Waals surface area contributed by atoms with Gasteiger partial charge in [0, 0.05) is 53.0 Å². The molecule has 7 heteroatoms. The second kappa shape index (κ2) is 8.75. The number of carbonyl (C=O) groups is 2. The summed E-state index contributed by atoms with van der Waals surface area (Å²) in [5.41, 5.74) is 2.30. The number of nitrogens with zero attached hydrogens (tertiary/aromatic N) is 1. The van der Waals surface area contributed by atoms with E-state index in [2.05, 4.69) is 17.8 Å². The number of fused-ring (bicyclic) bond motifs is 2. The van der Waals surface area contributed by atoms with Gasteiger partial charge in [-0.25, -0.2) is 9.18 Å². The average Bonchev–Trinajstić information content (AvgIpc) is 2.81. The molecule has 4 rings (SSSR count). The lowest BCUT2D eigenvalue weighted by Gasteiger charge is -2.24. The van der Waals surface area contributed by atoms with Crippen LogP contribution in [0.1, 0.15) is 31.8 Å². The number of carboxylic acid groups (broad SMARTS) is 1. The van der Waals surface area contributed by atoms with E-state index < -0.39 is 17.7 Å². The van der Waals surface area contributed by atoms with Gasteiger partial charge in [0.1, 0.15) is 17.3 Å². The van der Waals surface area contributed by atoms with Crippen molar-refractivity contribution in [2.75, 3.05) is 25.5 Å². The highest BCUT2D eigenvalue weighted by Gasteiger charge is 2.25. The second-order valence-electron chi connectivity index (χ2n) is 7.94. The number of ether oxygens (including phenoxy) is 1. The van der Waals surface area contributed by atoms with E-state index >= 15 is 0 Å². The van der Waals surface area contributed by atoms with Crippen LogP contribution in [0.2, 0.25) is 0 Å². The Morgan fingerprint density at radius 2 is 1.85 bits per heavy atom. The molecular weight excluding hydrogens is 435 g/mol. The Morgan fingerprint density at radius 3 is 2.53 bits per heavy atom. The van der Waals surface area contributed by atoms with Crippen LogP contribution in [0.5, 0.6) is 11.5 Å². The number of rotatable bonds is 5. The summed E-state index contributed by atoms with van der Waals surface area (Å²) in [4.78, 5) is 26.5. The van der Waals surface area contributed by atoms with Crippen LogP contribution < -0.4 is 25.4 Å². The van der Waals surface area contributed by atoms with Gasteiger partial charge in [0.25, 0.3) is 5.91 Å². The Kier molecular flexibility index (Phi) is 5.82. The Bertz CT molecular complexity index is 1500. The molecule has 0 aliphatic carbocycles. The van der Waals surface area contributed by atoms with Gasteiger partial charge < -0.3 is 20.1 Å². The molecule has 3 aromatic rings. The number of terminal acetylenes is 1. The maximum Gasteiger partial charge on any atom is 0.336 e. The average molecular weight is 456 g/mol. The first kappa shape index (κ1) is 22.6. The molecule has 1 aliphatic heterocycles. The number of carboxylic acids is 1. The van der Waals surface area contributed by atoms with Crippen molar-refractivity contribution in [3.8, 4) is 23.8 Å². The third-order valence-electron chi connectivity index (χ3n) is 5.52. The lowest BCUT2D eigenvalue weighted by Crippen LogP contribution is -2.25. The molecule has 0 fully saturated rings. The van der Waals surface area contributed by atoms with E-state index in [0.717, 1.165) is 5.69 Å².